The summed E-state index contributed by atoms with van der Waals surface area (Å²) < 4.78 is 26.9. The maximum absolute atomic E-state index is 13.4. The molecule has 98 valence electrons. The molecule has 0 bridgehead atoms. The highest BCUT2D eigenvalue weighted by molar-refractivity contribution is 7.81. The van der Waals surface area contributed by atoms with Crippen molar-refractivity contribution in [2.45, 2.75) is 12.8 Å². The molecule has 1 aromatic carbocycles. The van der Waals surface area contributed by atoms with Gasteiger partial charge in [0.25, 0.3) is 0 Å². The number of nitrogens with one attached hydrogen (secondary N) is 1. The number of anilines is 1. The number of thiocarbonyl (C=S) groups is 1. The molecule has 1 aliphatic carbocycles. The average Bonchev–Trinajstić information content (AvgIpc) is 3.19. The van der Waals surface area contributed by atoms with Gasteiger partial charge in [0, 0.05) is 5.92 Å². The van der Waals surface area contributed by atoms with E-state index in [1.54, 1.807) is 6.07 Å². The molecule has 2 N–H and O–H groups in total. The van der Waals surface area contributed by atoms with Crippen LogP contribution in [-0.4, -0.2) is 10.1 Å². The molecule has 0 saturated heterocycles. The minimum absolute atomic E-state index is 0.0696. The van der Waals surface area contributed by atoms with Gasteiger partial charge in [0.1, 0.15) is 39.7 Å². The second-order valence-electron chi connectivity index (χ2n) is 4.20. The first-order valence-electron chi connectivity index (χ1n) is 5.63. The number of nitriles is 1. The Labute approximate surface area is 114 Å². The molecule has 2 rings (SSSR count). The maximum Gasteiger partial charge on any atom is 0.149 e. The summed E-state index contributed by atoms with van der Waals surface area (Å²) in [6.45, 7) is 0. The Kier molecular flexibility index (Phi) is 3.76. The first kappa shape index (κ1) is 13.4. The number of aliphatic hydroxyl groups excluding tert-OH is 1. The van der Waals surface area contributed by atoms with E-state index in [0.29, 0.717) is 0 Å². The van der Waals surface area contributed by atoms with E-state index in [0.717, 1.165) is 25.0 Å². The predicted molar refractivity (Wildman–Crippen MR) is 70.6 cm³/mol. The van der Waals surface area contributed by atoms with Gasteiger partial charge in [-0.25, -0.2) is 8.78 Å². The molecular formula is C13H10F2N2OS. The Morgan fingerprint density at radius 2 is 1.95 bits per heavy atom. The van der Waals surface area contributed by atoms with Crippen LogP contribution in [0.5, 0.6) is 0 Å². The molecule has 1 aromatic rings. The van der Waals surface area contributed by atoms with E-state index < -0.39 is 17.3 Å². The minimum atomic E-state index is -0.814. The SMILES string of the molecule is N#CC(C(=S)Nc1c(F)cccc1F)=C(O)C1CC1. The Morgan fingerprint density at radius 1 is 1.37 bits per heavy atom. The van der Waals surface area contributed by atoms with Crippen molar-refractivity contribution in [3.8, 4) is 6.07 Å². The van der Waals surface area contributed by atoms with E-state index in [-0.39, 0.29) is 22.2 Å². The first-order chi connectivity index (χ1) is 9.04. The molecule has 1 saturated carbocycles. The number of rotatable bonds is 3. The van der Waals surface area contributed by atoms with Gasteiger partial charge in [-0.05, 0) is 25.0 Å². The quantitative estimate of drug-likeness (QED) is 0.385. The Morgan fingerprint density at radius 3 is 2.42 bits per heavy atom. The monoisotopic (exact) mass is 280 g/mol. The summed E-state index contributed by atoms with van der Waals surface area (Å²) in [6, 6.07) is 5.13. The molecule has 0 heterocycles. The number of nitrogens with zero attached hydrogens (tertiary/aromatic N) is 1. The maximum atomic E-state index is 13.4. The zero-order chi connectivity index (χ0) is 14.0. The molecule has 1 aliphatic rings. The van der Waals surface area contributed by atoms with Crippen molar-refractivity contribution in [3.63, 3.8) is 0 Å². The summed E-state index contributed by atoms with van der Waals surface area (Å²) in [5.41, 5.74) is -0.566. The number of benzene rings is 1. The molecule has 0 atom stereocenters. The van der Waals surface area contributed by atoms with Crippen LogP contribution in [-0.2, 0) is 0 Å². The standard InChI is InChI=1S/C13H10F2N2OS/c14-9-2-1-3-10(15)11(9)17-13(19)8(6-16)12(18)7-4-5-7/h1-3,7,18H,4-5H2,(H,17,19). The van der Waals surface area contributed by atoms with Gasteiger partial charge in [0.05, 0.1) is 0 Å². The highest BCUT2D eigenvalue weighted by Crippen LogP contribution is 2.36. The summed E-state index contributed by atoms with van der Waals surface area (Å²) in [6.07, 6.45) is 1.57. The van der Waals surface area contributed by atoms with Crippen LogP contribution in [0, 0.1) is 28.9 Å². The van der Waals surface area contributed by atoms with E-state index in [2.05, 4.69) is 5.32 Å². The lowest BCUT2D eigenvalue weighted by atomic mass is 10.2. The van der Waals surface area contributed by atoms with Gasteiger partial charge in [-0.3, -0.25) is 0 Å². The van der Waals surface area contributed by atoms with Crippen LogP contribution >= 0.6 is 12.2 Å². The molecule has 3 nitrogen and oxygen atoms in total. The van der Waals surface area contributed by atoms with Crippen LogP contribution in [0.2, 0.25) is 0 Å². The van der Waals surface area contributed by atoms with Crippen LogP contribution in [0.3, 0.4) is 0 Å². The van der Waals surface area contributed by atoms with E-state index in [4.69, 9.17) is 17.5 Å². The van der Waals surface area contributed by atoms with Crippen LogP contribution in [0.1, 0.15) is 12.8 Å². The minimum Gasteiger partial charge on any atom is -0.511 e. The van der Waals surface area contributed by atoms with Crippen molar-refractivity contribution in [1.82, 2.24) is 0 Å². The molecule has 0 spiro atoms. The second-order valence-corrected chi connectivity index (χ2v) is 4.61. The zero-order valence-corrected chi connectivity index (χ0v) is 10.6. The normalized spacial score (nSPS) is 15.4. The average molecular weight is 280 g/mol. The lowest BCUT2D eigenvalue weighted by Crippen LogP contribution is -2.15. The highest BCUT2D eigenvalue weighted by atomic mass is 32.1. The second kappa shape index (κ2) is 5.33. The molecular weight excluding hydrogens is 270 g/mol. The summed E-state index contributed by atoms with van der Waals surface area (Å²) >= 11 is 4.91. The molecule has 0 aliphatic heterocycles. The smallest absolute Gasteiger partial charge is 0.149 e. The number of halogens is 2. The van der Waals surface area contributed by atoms with E-state index in [1.807, 2.05) is 0 Å². The third-order valence-corrected chi connectivity index (χ3v) is 3.07. The Bertz CT molecular complexity index is 583. The van der Waals surface area contributed by atoms with Crippen molar-refractivity contribution in [1.29, 1.82) is 5.26 Å². The van der Waals surface area contributed by atoms with Gasteiger partial charge in [0.2, 0.25) is 0 Å². The van der Waals surface area contributed by atoms with Crippen molar-refractivity contribution < 1.29 is 13.9 Å². The molecule has 6 heteroatoms. The molecule has 0 radical (unpaired) electrons. The highest BCUT2D eigenvalue weighted by Gasteiger charge is 2.30. The molecule has 1 fully saturated rings. The number of allylic oxidation sites excluding steroid dienone is 1. The van der Waals surface area contributed by atoms with Crippen LogP contribution in [0.15, 0.2) is 29.5 Å². The first-order valence-corrected chi connectivity index (χ1v) is 6.04. The van der Waals surface area contributed by atoms with Crippen molar-refractivity contribution in [2.24, 2.45) is 5.92 Å². The van der Waals surface area contributed by atoms with E-state index in [1.165, 1.54) is 6.07 Å². The van der Waals surface area contributed by atoms with Crippen molar-refractivity contribution in [2.75, 3.05) is 5.32 Å². The Hall–Kier alpha value is -2.00. The van der Waals surface area contributed by atoms with Crippen molar-refractivity contribution >= 4 is 22.9 Å². The van der Waals surface area contributed by atoms with Crippen molar-refractivity contribution in [3.05, 3.63) is 41.2 Å². The largest absolute Gasteiger partial charge is 0.511 e. The van der Waals surface area contributed by atoms with Gasteiger partial charge in [-0.1, -0.05) is 18.3 Å². The van der Waals surface area contributed by atoms with Gasteiger partial charge >= 0.3 is 0 Å². The third kappa shape index (κ3) is 2.88. The number of para-hydroxylation sites is 1. The van der Waals surface area contributed by atoms with Gasteiger partial charge < -0.3 is 10.4 Å². The zero-order valence-electron chi connectivity index (χ0n) is 9.78. The number of aliphatic hydroxyl groups is 1. The fourth-order valence-corrected chi connectivity index (χ4v) is 1.83. The van der Waals surface area contributed by atoms with Crippen LogP contribution in [0.4, 0.5) is 14.5 Å². The van der Waals surface area contributed by atoms with Crippen LogP contribution in [0.25, 0.3) is 0 Å². The number of hydrogen-bond acceptors (Lipinski definition) is 3. The van der Waals surface area contributed by atoms with E-state index >= 15 is 0 Å². The summed E-state index contributed by atoms with van der Waals surface area (Å²) in [5.74, 6) is -1.81. The molecule has 0 unspecified atom stereocenters. The Balaban J connectivity index is 2.26. The lowest BCUT2D eigenvalue weighted by molar-refractivity contribution is 0.377. The van der Waals surface area contributed by atoms with Gasteiger partial charge in [0.15, 0.2) is 0 Å². The number of hydrogen-bond donors (Lipinski definition) is 2. The topological polar surface area (TPSA) is 56.0 Å². The summed E-state index contributed by atoms with van der Waals surface area (Å²) in [5, 5.41) is 21.1. The fraction of sp³-hybridized carbons (Fsp3) is 0.231. The third-order valence-electron chi connectivity index (χ3n) is 2.76. The molecule has 0 amide bonds. The van der Waals surface area contributed by atoms with Gasteiger partial charge in [-0.15, -0.1) is 0 Å². The van der Waals surface area contributed by atoms with Gasteiger partial charge in [-0.2, -0.15) is 5.26 Å². The lowest BCUT2D eigenvalue weighted by Gasteiger charge is -2.10. The molecule has 0 aromatic heterocycles. The summed E-state index contributed by atoms with van der Waals surface area (Å²) in [7, 11) is 0. The summed E-state index contributed by atoms with van der Waals surface area (Å²) in [4.78, 5) is -0.184. The predicted octanol–water partition coefficient (Wildman–Crippen LogP) is 3.45. The van der Waals surface area contributed by atoms with Crippen LogP contribution < -0.4 is 5.32 Å². The fourth-order valence-electron chi connectivity index (χ4n) is 1.58. The molecule has 19 heavy (non-hydrogen) atoms. The van der Waals surface area contributed by atoms with E-state index in [9.17, 15) is 13.9 Å².